The van der Waals surface area contributed by atoms with Crippen molar-refractivity contribution in [3.63, 3.8) is 0 Å². The molecule has 0 saturated heterocycles. The lowest BCUT2D eigenvalue weighted by atomic mass is 10.1. The molecule has 0 saturated carbocycles. The normalized spacial score (nSPS) is 10.5. The molecule has 0 heterocycles. The Morgan fingerprint density at radius 1 is 1.04 bits per heavy atom. The molecule has 2 aromatic rings. The minimum Gasteiger partial charge on any atom is -0.545 e. The number of carbonyl (C=O) groups excluding carboxylic acids is 3. The SMILES string of the molecule is CCCNC(=O)C(=O)N/N=C\c1ccc(OCc2ccc(C(=O)[O-])cc2)cc1. The number of amides is 2. The first-order valence-electron chi connectivity index (χ1n) is 8.64. The molecule has 0 aliphatic heterocycles. The average Bonchev–Trinajstić information content (AvgIpc) is 2.71. The zero-order valence-corrected chi connectivity index (χ0v) is 15.3. The number of ether oxygens (including phenoxy) is 1. The molecule has 0 radical (unpaired) electrons. The highest BCUT2D eigenvalue weighted by Gasteiger charge is 2.10. The molecule has 28 heavy (non-hydrogen) atoms. The van der Waals surface area contributed by atoms with Crippen LogP contribution in [0.4, 0.5) is 0 Å². The van der Waals surface area contributed by atoms with Gasteiger partial charge < -0.3 is 20.0 Å². The van der Waals surface area contributed by atoms with E-state index < -0.39 is 17.8 Å². The highest BCUT2D eigenvalue weighted by Crippen LogP contribution is 2.14. The van der Waals surface area contributed by atoms with Crippen molar-refractivity contribution in [1.82, 2.24) is 10.7 Å². The van der Waals surface area contributed by atoms with Crippen LogP contribution in [-0.2, 0) is 16.2 Å². The van der Waals surface area contributed by atoms with Gasteiger partial charge in [-0.2, -0.15) is 5.10 Å². The lowest BCUT2D eigenvalue weighted by Crippen LogP contribution is -2.38. The van der Waals surface area contributed by atoms with Crippen LogP contribution >= 0.6 is 0 Å². The summed E-state index contributed by atoms with van der Waals surface area (Å²) in [5.74, 6) is -2.16. The Labute approximate surface area is 162 Å². The van der Waals surface area contributed by atoms with E-state index in [4.69, 9.17) is 4.74 Å². The maximum absolute atomic E-state index is 11.5. The molecule has 0 fully saturated rings. The Morgan fingerprint density at radius 3 is 2.32 bits per heavy atom. The number of rotatable bonds is 8. The van der Waals surface area contributed by atoms with Gasteiger partial charge in [-0.1, -0.05) is 31.2 Å². The van der Waals surface area contributed by atoms with Gasteiger partial charge in [-0.15, -0.1) is 0 Å². The van der Waals surface area contributed by atoms with Gasteiger partial charge in [0.2, 0.25) is 0 Å². The van der Waals surface area contributed by atoms with Gasteiger partial charge in [0.1, 0.15) is 12.4 Å². The van der Waals surface area contributed by atoms with Crippen molar-refractivity contribution in [2.24, 2.45) is 5.10 Å². The molecule has 8 nitrogen and oxygen atoms in total. The van der Waals surface area contributed by atoms with Crippen molar-refractivity contribution in [3.05, 3.63) is 65.2 Å². The second-order valence-corrected chi connectivity index (χ2v) is 5.80. The van der Waals surface area contributed by atoms with Crippen molar-refractivity contribution < 1.29 is 24.2 Å². The Bertz CT molecular complexity index is 845. The highest BCUT2D eigenvalue weighted by atomic mass is 16.5. The minimum absolute atomic E-state index is 0.113. The van der Waals surface area contributed by atoms with Gasteiger partial charge in [0, 0.05) is 6.54 Å². The summed E-state index contributed by atoms with van der Waals surface area (Å²) >= 11 is 0. The summed E-state index contributed by atoms with van der Waals surface area (Å²) in [4.78, 5) is 33.6. The summed E-state index contributed by atoms with van der Waals surface area (Å²) in [6.45, 7) is 2.60. The van der Waals surface area contributed by atoms with Gasteiger partial charge in [-0.3, -0.25) is 9.59 Å². The van der Waals surface area contributed by atoms with Crippen LogP contribution in [0.1, 0.15) is 34.8 Å². The number of nitrogens with zero attached hydrogens (tertiary/aromatic N) is 1. The molecule has 8 heteroatoms. The molecule has 2 N–H and O–H groups in total. The van der Waals surface area contributed by atoms with Crippen molar-refractivity contribution >= 4 is 24.0 Å². The Hall–Kier alpha value is -3.68. The molecule has 0 unspecified atom stereocenters. The van der Waals surface area contributed by atoms with Crippen LogP contribution in [0, 0.1) is 0 Å². The fourth-order valence-corrected chi connectivity index (χ4v) is 2.09. The summed E-state index contributed by atoms with van der Waals surface area (Å²) in [7, 11) is 0. The zero-order valence-electron chi connectivity index (χ0n) is 15.3. The minimum atomic E-state index is -1.22. The van der Waals surface area contributed by atoms with Crippen LogP contribution in [0.5, 0.6) is 5.75 Å². The summed E-state index contributed by atoms with van der Waals surface area (Å²) in [6, 6.07) is 13.2. The Balaban J connectivity index is 1.81. The molecule has 2 aromatic carbocycles. The Kier molecular flexibility index (Phi) is 7.71. The second-order valence-electron chi connectivity index (χ2n) is 5.80. The number of carboxylic acid groups (broad SMARTS) is 1. The molecule has 0 aliphatic rings. The predicted molar refractivity (Wildman–Crippen MR) is 101 cm³/mol. The molecular formula is C20H20N3O5-. The Morgan fingerprint density at radius 2 is 1.71 bits per heavy atom. The van der Waals surface area contributed by atoms with E-state index in [1.807, 2.05) is 6.92 Å². The number of carboxylic acids is 1. The predicted octanol–water partition coefficient (Wildman–Crippen LogP) is 0.605. The third kappa shape index (κ3) is 6.56. The van der Waals surface area contributed by atoms with E-state index in [1.165, 1.54) is 18.3 Å². The molecule has 2 amide bonds. The fourth-order valence-electron chi connectivity index (χ4n) is 2.09. The summed E-state index contributed by atoms with van der Waals surface area (Å²) in [5.41, 5.74) is 3.80. The molecule has 0 aliphatic carbocycles. The number of nitrogens with one attached hydrogen (secondary N) is 2. The summed E-state index contributed by atoms with van der Waals surface area (Å²) in [5, 5.41) is 16.9. The van der Waals surface area contributed by atoms with E-state index in [0.717, 1.165) is 12.0 Å². The first kappa shape index (κ1) is 20.6. The first-order valence-corrected chi connectivity index (χ1v) is 8.64. The van der Waals surface area contributed by atoms with Gasteiger partial charge in [-0.05, 0) is 47.4 Å². The van der Waals surface area contributed by atoms with E-state index in [-0.39, 0.29) is 12.2 Å². The maximum atomic E-state index is 11.5. The smallest absolute Gasteiger partial charge is 0.329 e. The van der Waals surface area contributed by atoms with E-state index in [2.05, 4.69) is 15.8 Å². The number of carbonyl (C=O) groups is 3. The van der Waals surface area contributed by atoms with Crippen LogP contribution in [0.3, 0.4) is 0 Å². The summed E-state index contributed by atoms with van der Waals surface area (Å²) < 4.78 is 5.63. The topological polar surface area (TPSA) is 120 Å². The maximum Gasteiger partial charge on any atom is 0.329 e. The largest absolute Gasteiger partial charge is 0.545 e. The quantitative estimate of drug-likeness (QED) is 0.394. The zero-order chi connectivity index (χ0) is 20.4. The van der Waals surface area contributed by atoms with Gasteiger partial charge >= 0.3 is 11.8 Å². The van der Waals surface area contributed by atoms with Crippen molar-refractivity contribution in [3.8, 4) is 5.75 Å². The third-order valence-corrected chi connectivity index (χ3v) is 3.60. The van der Waals surface area contributed by atoms with Gasteiger partial charge in [0.05, 0.1) is 12.2 Å². The van der Waals surface area contributed by atoms with Crippen molar-refractivity contribution in [2.45, 2.75) is 20.0 Å². The number of hydrazone groups is 1. The van der Waals surface area contributed by atoms with Gasteiger partial charge in [0.25, 0.3) is 0 Å². The van der Waals surface area contributed by atoms with Crippen LogP contribution in [0.25, 0.3) is 0 Å². The van der Waals surface area contributed by atoms with Crippen LogP contribution in [-0.4, -0.2) is 30.5 Å². The lowest BCUT2D eigenvalue weighted by Gasteiger charge is -2.08. The van der Waals surface area contributed by atoms with E-state index in [9.17, 15) is 19.5 Å². The number of hydrogen-bond donors (Lipinski definition) is 2. The number of hydrogen-bond acceptors (Lipinski definition) is 6. The second kappa shape index (κ2) is 10.5. The average molecular weight is 382 g/mol. The van der Waals surface area contributed by atoms with Crippen LogP contribution < -0.4 is 20.6 Å². The molecule has 0 aromatic heterocycles. The fraction of sp³-hybridized carbons (Fsp3) is 0.200. The van der Waals surface area contributed by atoms with Crippen molar-refractivity contribution in [1.29, 1.82) is 0 Å². The monoisotopic (exact) mass is 382 g/mol. The molecule has 0 atom stereocenters. The van der Waals surface area contributed by atoms with E-state index >= 15 is 0 Å². The molecule has 146 valence electrons. The molecule has 2 rings (SSSR count). The third-order valence-electron chi connectivity index (χ3n) is 3.60. The van der Waals surface area contributed by atoms with E-state index in [0.29, 0.717) is 17.9 Å². The molecule has 0 spiro atoms. The lowest BCUT2D eigenvalue weighted by molar-refractivity contribution is -0.255. The van der Waals surface area contributed by atoms with Crippen molar-refractivity contribution in [2.75, 3.05) is 6.54 Å². The van der Waals surface area contributed by atoms with Gasteiger partial charge in [0.15, 0.2) is 0 Å². The van der Waals surface area contributed by atoms with Crippen LogP contribution in [0.2, 0.25) is 0 Å². The van der Waals surface area contributed by atoms with Crippen LogP contribution in [0.15, 0.2) is 53.6 Å². The molecular weight excluding hydrogens is 362 g/mol. The molecule has 0 bridgehead atoms. The van der Waals surface area contributed by atoms with Gasteiger partial charge in [-0.25, -0.2) is 5.43 Å². The standard InChI is InChI=1S/C20H21N3O5/c1-2-11-21-18(24)19(25)23-22-12-14-5-9-17(10-6-14)28-13-15-3-7-16(8-4-15)20(26)27/h3-10,12H,2,11,13H2,1H3,(H,21,24)(H,23,25)(H,26,27)/p-1/b22-12-. The highest BCUT2D eigenvalue weighted by molar-refractivity contribution is 6.35. The summed E-state index contributed by atoms with van der Waals surface area (Å²) in [6.07, 6.45) is 2.15. The number of benzene rings is 2. The number of aromatic carboxylic acids is 1. The van der Waals surface area contributed by atoms with E-state index in [1.54, 1.807) is 36.4 Å². The first-order chi connectivity index (χ1) is 13.5.